The summed E-state index contributed by atoms with van der Waals surface area (Å²) in [5.74, 6) is -0.448. The summed E-state index contributed by atoms with van der Waals surface area (Å²) in [6.45, 7) is 3.82. The van der Waals surface area contributed by atoms with Gasteiger partial charge in [-0.05, 0) is 31.6 Å². The summed E-state index contributed by atoms with van der Waals surface area (Å²) in [6, 6.07) is 17.1. The number of para-hydroxylation sites is 1. The monoisotopic (exact) mass is 457 g/mol. The van der Waals surface area contributed by atoms with Gasteiger partial charge in [-0.3, -0.25) is 9.36 Å². The van der Waals surface area contributed by atoms with Crippen molar-refractivity contribution in [2.45, 2.75) is 19.9 Å². The number of allylic oxidation sites excluding steroid dienone is 1. The third-order valence-corrected chi connectivity index (χ3v) is 6.83. The second-order valence-electron chi connectivity index (χ2n) is 7.93. The summed E-state index contributed by atoms with van der Waals surface area (Å²) in [4.78, 5) is 31.8. The molecule has 6 nitrogen and oxygen atoms in total. The fraction of sp³-hybridized carbons (Fsp3) is 0.192. The Morgan fingerprint density at radius 2 is 1.88 bits per heavy atom. The molecule has 7 heteroatoms. The van der Waals surface area contributed by atoms with Gasteiger partial charge in [-0.25, -0.2) is 9.79 Å². The van der Waals surface area contributed by atoms with Gasteiger partial charge in [-0.2, -0.15) is 0 Å². The van der Waals surface area contributed by atoms with E-state index in [1.807, 2.05) is 72.4 Å². The molecule has 0 spiro atoms. The number of aryl methyl sites for hydroxylation is 1. The van der Waals surface area contributed by atoms with Crippen molar-refractivity contribution in [2.24, 2.45) is 12.0 Å². The predicted octanol–water partition coefficient (Wildman–Crippen LogP) is 3.29. The lowest BCUT2D eigenvalue weighted by atomic mass is 9.96. The van der Waals surface area contributed by atoms with Crippen LogP contribution in [0.3, 0.4) is 0 Å². The number of rotatable bonds is 4. The zero-order chi connectivity index (χ0) is 23.1. The molecule has 0 bridgehead atoms. The van der Waals surface area contributed by atoms with Crippen LogP contribution in [0, 0.1) is 0 Å². The minimum Gasteiger partial charge on any atom is -0.463 e. The number of thiazole rings is 1. The Morgan fingerprint density at radius 3 is 2.64 bits per heavy atom. The first-order valence-electron chi connectivity index (χ1n) is 10.8. The molecule has 3 heterocycles. The number of benzene rings is 2. The number of ether oxygens (including phenoxy) is 1. The van der Waals surface area contributed by atoms with E-state index in [4.69, 9.17) is 4.74 Å². The average molecular weight is 458 g/mol. The number of nitrogens with zero attached hydrogens (tertiary/aromatic N) is 3. The van der Waals surface area contributed by atoms with Gasteiger partial charge in [0.25, 0.3) is 5.56 Å². The second-order valence-corrected chi connectivity index (χ2v) is 8.93. The van der Waals surface area contributed by atoms with Crippen molar-refractivity contribution in [2.75, 3.05) is 6.61 Å². The van der Waals surface area contributed by atoms with Gasteiger partial charge in [-0.1, -0.05) is 59.9 Å². The number of hydrogen-bond donors (Lipinski definition) is 0. The molecule has 0 fully saturated rings. The summed E-state index contributed by atoms with van der Waals surface area (Å²) >= 11 is 1.34. The highest BCUT2D eigenvalue weighted by Gasteiger charge is 2.33. The van der Waals surface area contributed by atoms with E-state index in [0.29, 0.717) is 20.6 Å². The van der Waals surface area contributed by atoms with Gasteiger partial charge in [0, 0.05) is 29.7 Å². The van der Waals surface area contributed by atoms with Crippen molar-refractivity contribution >= 4 is 34.3 Å². The van der Waals surface area contributed by atoms with Crippen LogP contribution >= 0.6 is 11.3 Å². The van der Waals surface area contributed by atoms with Crippen molar-refractivity contribution in [1.29, 1.82) is 0 Å². The summed E-state index contributed by atoms with van der Waals surface area (Å²) in [7, 11) is 1.99. The topological polar surface area (TPSA) is 65.6 Å². The molecule has 1 atom stereocenters. The van der Waals surface area contributed by atoms with Crippen LogP contribution in [-0.2, 0) is 16.6 Å². The molecule has 0 saturated heterocycles. The highest BCUT2D eigenvalue weighted by Crippen LogP contribution is 2.30. The molecule has 5 rings (SSSR count). The molecule has 166 valence electrons. The van der Waals surface area contributed by atoms with Crippen LogP contribution in [0.25, 0.3) is 17.0 Å². The predicted molar refractivity (Wildman–Crippen MR) is 130 cm³/mol. The van der Waals surface area contributed by atoms with E-state index in [1.165, 1.54) is 11.3 Å². The lowest BCUT2D eigenvalue weighted by Gasteiger charge is -2.24. The number of carbonyl (C=O) groups excluding carboxylic acids is 1. The van der Waals surface area contributed by atoms with Gasteiger partial charge in [0.05, 0.1) is 28.5 Å². The molecule has 2 aromatic carbocycles. The van der Waals surface area contributed by atoms with Gasteiger partial charge in [-0.15, -0.1) is 0 Å². The molecule has 0 saturated carbocycles. The van der Waals surface area contributed by atoms with Crippen LogP contribution < -0.4 is 14.9 Å². The smallest absolute Gasteiger partial charge is 0.338 e. The second kappa shape index (κ2) is 8.33. The Bertz CT molecular complexity index is 1590. The Hall–Kier alpha value is -3.71. The van der Waals surface area contributed by atoms with Crippen LogP contribution in [0.4, 0.5) is 0 Å². The van der Waals surface area contributed by atoms with Gasteiger partial charge in [0.2, 0.25) is 0 Å². The zero-order valence-corrected chi connectivity index (χ0v) is 19.4. The summed E-state index contributed by atoms with van der Waals surface area (Å²) in [5, 5.41) is 1.08. The third kappa shape index (κ3) is 3.54. The lowest BCUT2D eigenvalue weighted by Crippen LogP contribution is -2.39. The number of aromatic nitrogens is 2. The first-order valence-corrected chi connectivity index (χ1v) is 11.6. The van der Waals surface area contributed by atoms with Gasteiger partial charge >= 0.3 is 5.97 Å². The maximum atomic E-state index is 13.7. The number of esters is 1. The molecular formula is C26H23N3O3S. The minimum atomic E-state index is -0.587. The van der Waals surface area contributed by atoms with Crippen molar-refractivity contribution in [3.05, 3.63) is 103 Å². The fourth-order valence-corrected chi connectivity index (χ4v) is 5.41. The van der Waals surface area contributed by atoms with E-state index in [9.17, 15) is 9.59 Å². The highest BCUT2D eigenvalue weighted by atomic mass is 32.1. The van der Waals surface area contributed by atoms with Gasteiger partial charge in [0.15, 0.2) is 4.80 Å². The molecule has 1 aliphatic heterocycles. The molecule has 0 radical (unpaired) electrons. The molecule has 0 aliphatic carbocycles. The fourth-order valence-electron chi connectivity index (χ4n) is 4.37. The quantitative estimate of drug-likeness (QED) is 0.442. The molecule has 2 aromatic heterocycles. The average Bonchev–Trinajstić information content (AvgIpc) is 3.30. The van der Waals surface area contributed by atoms with Crippen LogP contribution in [0.5, 0.6) is 0 Å². The van der Waals surface area contributed by atoms with E-state index < -0.39 is 12.0 Å². The molecule has 0 N–H and O–H groups in total. The van der Waals surface area contributed by atoms with E-state index in [0.717, 1.165) is 22.0 Å². The Labute approximate surface area is 194 Å². The van der Waals surface area contributed by atoms with Crippen LogP contribution in [0.1, 0.15) is 31.0 Å². The summed E-state index contributed by atoms with van der Waals surface area (Å²) < 4.78 is 9.58. The largest absolute Gasteiger partial charge is 0.463 e. The van der Waals surface area contributed by atoms with Gasteiger partial charge < -0.3 is 9.30 Å². The number of hydrogen-bond acceptors (Lipinski definition) is 5. The lowest BCUT2D eigenvalue weighted by molar-refractivity contribution is -0.139. The Kier molecular flexibility index (Phi) is 5.34. The Balaban J connectivity index is 1.75. The van der Waals surface area contributed by atoms with E-state index in [2.05, 4.69) is 11.1 Å². The highest BCUT2D eigenvalue weighted by molar-refractivity contribution is 7.07. The molecule has 1 aliphatic rings. The third-order valence-electron chi connectivity index (χ3n) is 5.85. The first-order chi connectivity index (χ1) is 16.0. The maximum Gasteiger partial charge on any atom is 0.338 e. The van der Waals surface area contributed by atoms with Crippen LogP contribution in [0.2, 0.25) is 0 Å². The molecule has 4 aromatic rings. The zero-order valence-electron chi connectivity index (χ0n) is 18.6. The van der Waals surface area contributed by atoms with Crippen molar-refractivity contribution in [3.63, 3.8) is 0 Å². The number of fused-ring (bicyclic) bond motifs is 2. The van der Waals surface area contributed by atoms with Crippen LogP contribution in [0.15, 0.2) is 81.9 Å². The van der Waals surface area contributed by atoms with E-state index in [-0.39, 0.29) is 12.2 Å². The summed E-state index contributed by atoms with van der Waals surface area (Å²) in [6.07, 6.45) is 3.93. The minimum absolute atomic E-state index is 0.171. The maximum absolute atomic E-state index is 13.7. The SMILES string of the molecule is CCOC(=O)C1=C(C)N=c2s/c(=C/c3cn(C)c4ccccc34)c(=O)n2C1c1ccccc1. The van der Waals surface area contributed by atoms with E-state index in [1.54, 1.807) is 18.4 Å². The molecule has 0 amide bonds. The standard InChI is InChI=1S/C26H23N3O3S/c1-4-32-25(31)22-16(2)27-26-29(23(22)17-10-6-5-7-11-17)24(30)21(33-26)14-18-15-28(3)20-13-9-8-12-19(18)20/h5-15,23H,4H2,1-3H3/b21-14+. The van der Waals surface area contributed by atoms with Crippen molar-refractivity contribution in [1.82, 2.24) is 9.13 Å². The Morgan fingerprint density at radius 1 is 1.15 bits per heavy atom. The van der Waals surface area contributed by atoms with Gasteiger partial charge in [0.1, 0.15) is 0 Å². The van der Waals surface area contributed by atoms with Crippen molar-refractivity contribution in [3.8, 4) is 0 Å². The molecule has 1 unspecified atom stereocenters. The molecule has 33 heavy (non-hydrogen) atoms. The summed E-state index contributed by atoms with van der Waals surface area (Å²) in [5.41, 5.74) is 3.70. The number of carbonyl (C=O) groups is 1. The van der Waals surface area contributed by atoms with Crippen LogP contribution in [-0.4, -0.2) is 21.7 Å². The first kappa shape index (κ1) is 21.2. The normalized spacial score (nSPS) is 16.1. The van der Waals surface area contributed by atoms with Crippen molar-refractivity contribution < 1.29 is 9.53 Å². The molecular weight excluding hydrogens is 434 g/mol. The van der Waals surface area contributed by atoms with E-state index >= 15 is 0 Å².